The quantitative estimate of drug-likeness (QED) is 0.286. The Morgan fingerprint density at radius 3 is 1.55 bits per heavy atom. The molecule has 0 saturated heterocycles. The number of aromatic nitrogens is 2. The highest BCUT2D eigenvalue weighted by molar-refractivity contribution is 4.71. The van der Waals surface area contributed by atoms with Gasteiger partial charge >= 0.3 is 0 Å². The molecule has 2 nitrogen and oxygen atoms in total. The Hall–Kier alpha value is -0.790. The first-order chi connectivity index (χ1) is 10.8. The van der Waals surface area contributed by atoms with Gasteiger partial charge in [0.1, 0.15) is 0 Å². The van der Waals surface area contributed by atoms with Crippen LogP contribution in [0.1, 0.15) is 96.8 Å². The summed E-state index contributed by atoms with van der Waals surface area (Å²) in [5.41, 5.74) is 0. The van der Waals surface area contributed by atoms with Crippen LogP contribution in [0.2, 0.25) is 0 Å². The molecule has 0 saturated carbocycles. The molecule has 128 valence electrons. The van der Waals surface area contributed by atoms with Gasteiger partial charge < -0.3 is 0 Å². The molecule has 1 aromatic rings. The largest absolute Gasteiger partial charge is 0.195 e. The minimum atomic E-state index is 1.17. The molecule has 0 aliphatic heterocycles. The molecule has 0 spiro atoms. The second-order valence-corrected chi connectivity index (χ2v) is 6.82. The van der Waals surface area contributed by atoms with Crippen LogP contribution < -0.4 is 4.68 Å². The molecule has 0 bridgehead atoms. The highest BCUT2D eigenvalue weighted by Crippen LogP contribution is 2.13. The summed E-state index contributed by atoms with van der Waals surface area (Å²) in [5.74, 6) is 0. The molecule has 0 atom stereocenters. The average Bonchev–Trinajstić information content (AvgIpc) is 2.93. The van der Waals surface area contributed by atoms with Crippen LogP contribution in [-0.2, 0) is 13.6 Å². The fraction of sp³-hybridized carbons (Fsp3) is 0.850. The Labute approximate surface area is 138 Å². The SMILES string of the molecule is CCCCCCCCCCCCCCCCn1ccc[n+]1C. The third kappa shape index (κ3) is 10.0. The van der Waals surface area contributed by atoms with E-state index in [0.717, 1.165) is 0 Å². The second-order valence-electron chi connectivity index (χ2n) is 6.82. The first-order valence-electron chi connectivity index (χ1n) is 9.85. The molecular formula is C20H39N2+. The van der Waals surface area contributed by atoms with Crippen molar-refractivity contribution >= 4 is 0 Å². The molecule has 1 aromatic heterocycles. The molecule has 1 rings (SSSR count). The number of nitrogens with zero attached hydrogens (tertiary/aromatic N) is 2. The van der Waals surface area contributed by atoms with Gasteiger partial charge in [0.2, 0.25) is 0 Å². The Morgan fingerprint density at radius 1 is 0.682 bits per heavy atom. The zero-order chi connectivity index (χ0) is 15.9. The van der Waals surface area contributed by atoms with E-state index in [2.05, 4.69) is 41.8 Å². The van der Waals surface area contributed by atoms with E-state index in [9.17, 15) is 0 Å². The maximum Gasteiger partial charge on any atom is 0.195 e. The van der Waals surface area contributed by atoms with E-state index in [1.54, 1.807) is 0 Å². The van der Waals surface area contributed by atoms with Crippen molar-refractivity contribution in [1.29, 1.82) is 0 Å². The van der Waals surface area contributed by atoms with E-state index >= 15 is 0 Å². The number of hydrogen-bond donors (Lipinski definition) is 0. The molecule has 0 amide bonds. The zero-order valence-corrected chi connectivity index (χ0v) is 15.2. The summed E-state index contributed by atoms with van der Waals surface area (Å²) >= 11 is 0. The Morgan fingerprint density at radius 2 is 1.14 bits per heavy atom. The summed E-state index contributed by atoms with van der Waals surface area (Å²) in [7, 11) is 2.11. The van der Waals surface area contributed by atoms with Crippen molar-refractivity contribution in [3.05, 3.63) is 18.5 Å². The van der Waals surface area contributed by atoms with E-state index < -0.39 is 0 Å². The van der Waals surface area contributed by atoms with Crippen LogP contribution in [0.25, 0.3) is 0 Å². The zero-order valence-electron chi connectivity index (χ0n) is 15.2. The summed E-state index contributed by atoms with van der Waals surface area (Å²) in [4.78, 5) is 0. The maximum atomic E-state index is 2.29. The Bertz CT molecular complexity index is 343. The van der Waals surface area contributed by atoms with Crippen LogP contribution in [0.15, 0.2) is 18.5 Å². The third-order valence-corrected chi connectivity index (χ3v) is 4.71. The molecule has 0 aliphatic rings. The van der Waals surface area contributed by atoms with Gasteiger partial charge in [-0.25, -0.2) is 0 Å². The highest BCUT2D eigenvalue weighted by Gasteiger charge is 2.00. The summed E-state index contributed by atoms with van der Waals surface area (Å²) in [5, 5.41) is 0. The van der Waals surface area contributed by atoms with Gasteiger partial charge in [-0.2, -0.15) is 4.68 Å². The van der Waals surface area contributed by atoms with Crippen molar-refractivity contribution in [3.63, 3.8) is 0 Å². The second kappa shape index (κ2) is 13.8. The molecule has 22 heavy (non-hydrogen) atoms. The predicted molar refractivity (Wildman–Crippen MR) is 95.9 cm³/mol. The third-order valence-electron chi connectivity index (χ3n) is 4.71. The monoisotopic (exact) mass is 307 g/mol. The van der Waals surface area contributed by atoms with Crippen LogP contribution in [0.3, 0.4) is 0 Å². The van der Waals surface area contributed by atoms with Crippen molar-refractivity contribution in [2.24, 2.45) is 7.05 Å². The van der Waals surface area contributed by atoms with Crippen LogP contribution >= 0.6 is 0 Å². The first-order valence-corrected chi connectivity index (χ1v) is 9.85. The lowest BCUT2D eigenvalue weighted by Crippen LogP contribution is -2.37. The minimum Gasteiger partial charge on any atom is -0.161 e. The first kappa shape index (κ1) is 19.3. The Balaban J connectivity index is 1.74. The lowest BCUT2D eigenvalue weighted by Gasteiger charge is -2.03. The lowest BCUT2D eigenvalue weighted by molar-refractivity contribution is -0.753. The summed E-state index contributed by atoms with van der Waals surface area (Å²) in [6, 6.07) is 2.11. The number of unbranched alkanes of at least 4 members (excludes halogenated alkanes) is 13. The van der Waals surface area contributed by atoms with Crippen LogP contribution in [0, 0.1) is 0 Å². The number of hydrogen-bond acceptors (Lipinski definition) is 0. The molecular weight excluding hydrogens is 268 g/mol. The van der Waals surface area contributed by atoms with Gasteiger partial charge in [0, 0.05) is 6.07 Å². The van der Waals surface area contributed by atoms with E-state index in [1.807, 2.05) is 0 Å². The van der Waals surface area contributed by atoms with Crippen LogP contribution in [-0.4, -0.2) is 4.68 Å². The molecule has 1 heterocycles. The van der Waals surface area contributed by atoms with Crippen molar-refractivity contribution in [3.8, 4) is 0 Å². The summed E-state index contributed by atoms with van der Waals surface area (Å²) in [6.07, 6.45) is 24.3. The van der Waals surface area contributed by atoms with E-state index in [-0.39, 0.29) is 0 Å². The molecule has 0 radical (unpaired) electrons. The van der Waals surface area contributed by atoms with Crippen molar-refractivity contribution in [1.82, 2.24) is 4.68 Å². The predicted octanol–water partition coefficient (Wildman–Crippen LogP) is 5.79. The summed E-state index contributed by atoms with van der Waals surface area (Å²) < 4.78 is 4.46. The van der Waals surface area contributed by atoms with Gasteiger partial charge in [0.25, 0.3) is 0 Å². The van der Waals surface area contributed by atoms with Crippen molar-refractivity contribution in [2.45, 2.75) is 103 Å². The molecule has 0 aromatic carbocycles. The smallest absolute Gasteiger partial charge is 0.161 e. The van der Waals surface area contributed by atoms with Crippen LogP contribution in [0.4, 0.5) is 0 Å². The molecule has 0 N–H and O–H groups in total. The van der Waals surface area contributed by atoms with Gasteiger partial charge in [-0.15, -0.1) is 4.68 Å². The van der Waals surface area contributed by atoms with Crippen molar-refractivity contribution < 1.29 is 4.68 Å². The fourth-order valence-corrected chi connectivity index (χ4v) is 3.15. The van der Waals surface area contributed by atoms with E-state index in [1.165, 1.54) is 96.4 Å². The number of aryl methyl sites for hydroxylation is 2. The lowest BCUT2D eigenvalue weighted by atomic mass is 10.0. The standard InChI is InChI=1S/C20H39N2/c1-3-4-5-6-7-8-9-10-11-12-13-14-15-16-19-22-20-17-18-21(22)2/h17-18,20H,3-16,19H2,1-2H3/q+1. The van der Waals surface area contributed by atoms with Crippen LogP contribution in [0.5, 0.6) is 0 Å². The minimum absolute atomic E-state index is 1.17. The molecule has 0 unspecified atom stereocenters. The Kier molecular flexibility index (Phi) is 12.1. The van der Waals surface area contributed by atoms with E-state index in [4.69, 9.17) is 0 Å². The maximum absolute atomic E-state index is 2.29. The van der Waals surface area contributed by atoms with Gasteiger partial charge in [0.15, 0.2) is 13.2 Å². The van der Waals surface area contributed by atoms with Gasteiger partial charge in [0.05, 0.1) is 12.7 Å². The van der Waals surface area contributed by atoms with E-state index in [0.29, 0.717) is 0 Å². The van der Waals surface area contributed by atoms with Gasteiger partial charge in [-0.3, -0.25) is 0 Å². The summed E-state index contributed by atoms with van der Waals surface area (Å²) in [6.45, 7) is 3.46. The molecule has 0 aliphatic carbocycles. The van der Waals surface area contributed by atoms with Gasteiger partial charge in [-0.1, -0.05) is 90.4 Å². The molecule has 2 heteroatoms. The highest BCUT2D eigenvalue weighted by atomic mass is 15.4. The van der Waals surface area contributed by atoms with Crippen molar-refractivity contribution in [2.75, 3.05) is 0 Å². The molecule has 0 fully saturated rings. The van der Waals surface area contributed by atoms with Gasteiger partial charge in [-0.05, 0) is 6.42 Å². The average molecular weight is 308 g/mol. The fourth-order valence-electron chi connectivity index (χ4n) is 3.15. The topological polar surface area (TPSA) is 8.81 Å². The number of rotatable bonds is 15. The normalized spacial score (nSPS) is 11.2.